The third kappa shape index (κ3) is 3.61. The van der Waals surface area contributed by atoms with E-state index in [0.29, 0.717) is 11.4 Å². The van der Waals surface area contributed by atoms with Crippen LogP contribution >= 0.6 is 11.6 Å². The molecule has 2 aromatic rings. The summed E-state index contributed by atoms with van der Waals surface area (Å²) < 4.78 is 0. The Labute approximate surface area is 124 Å². The number of carbonyl (C=O) groups is 1. The monoisotopic (exact) mass is 287 g/mol. The van der Waals surface area contributed by atoms with Crippen molar-refractivity contribution in [2.45, 2.75) is 20.3 Å². The van der Waals surface area contributed by atoms with Crippen LogP contribution in [0.4, 0.5) is 5.69 Å². The van der Waals surface area contributed by atoms with Crippen LogP contribution < -0.4 is 5.32 Å². The molecule has 0 aliphatic carbocycles. The zero-order valence-electron chi connectivity index (χ0n) is 11.7. The summed E-state index contributed by atoms with van der Waals surface area (Å²) in [6.45, 7) is 4.04. The first kappa shape index (κ1) is 14.6. The van der Waals surface area contributed by atoms with E-state index < -0.39 is 0 Å². The van der Waals surface area contributed by atoms with Crippen molar-refractivity contribution in [2.75, 3.05) is 11.2 Å². The molecule has 2 rings (SSSR count). The molecular weight excluding hydrogens is 270 g/mol. The Balaban J connectivity index is 2.08. The van der Waals surface area contributed by atoms with Gasteiger partial charge in [-0.25, -0.2) is 0 Å². The van der Waals surface area contributed by atoms with E-state index >= 15 is 0 Å². The zero-order valence-corrected chi connectivity index (χ0v) is 12.5. The van der Waals surface area contributed by atoms with Gasteiger partial charge >= 0.3 is 0 Å². The van der Waals surface area contributed by atoms with Crippen LogP contribution in [0.15, 0.2) is 42.5 Å². The fourth-order valence-electron chi connectivity index (χ4n) is 1.95. The first-order chi connectivity index (χ1) is 9.60. The molecule has 0 aliphatic rings. The average molecular weight is 288 g/mol. The molecule has 2 aromatic carbocycles. The van der Waals surface area contributed by atoms with Crippen LogP contribution in [0.3, 0.4) is 0 Å². The van der Waals surface area contributed by atoms with E-state index in [4.69, 9.17) is 11.6 Å². The largest absolute Gasteiger partial charge is 0.322 e. The Morgan fingerprint density at radius 2 is 1.75 bits per heavy atom. The topological polar surface area (TPSA) is 29.1 Å². The number of nitrogens with one attached hydrogen (secondary N) is 1. The van der Waals surface area contributed by atoms with Crippen LogP contribution in [0.25, 0.3) is 0 Å². The Morgan fingerprint density at radius 3 is 2.35 bits per heavy atom. The highest BCUT2D eigenvalue weighted by atomic mass is 35.5. The lowest BCUT2D eigenvalue weighted by atomic mass is 10.1. The van der Waals surface area contributed by atoms with Crippen molar-refractivity contribution >= 4 is 23.2 Å². The first-order valence-electron chi connectivity index (χ1n) is 6.63. The van der Waals surface area contributed by atoms with Gasteiger partial charge in [0.25, 0.3) is 5.91 Å². The second-order valence-electron chi connectivity index (χ2n) is 4.89. The zero-order chi connectivity index (χ0) is 14.5. The highest BCUT2D eigenvalue weighted by molar-refractivity contribution is 6.18. The van der Waals surface area contributed by atoms with Gasteiger partial charge in [-0.15, -0.1) is 11.6 Å². The van der Waals surface area contributed by atoms with Crippen LogP contribution in [0.5, 0.6) is 0 Å². The predicted molar refractivity (Wildman–Crippen MR) is 84.7 cm³/mol. The Kier molecular flexibility index (Phi) is 4.80. The minimum Gasteiger partial charge on any atom is -0.322 e. The molecule has 20 heavy (non-hydrogen) atoms. The number of alkyl halides is 1. The van der Waals surface area contributed by atoms with Gasteiger partial charge in [-0.05, 0) is 61.2 Å². The molecule has 0 spiro atoms. The summed E-state index contributed by atoms with van der Waals surface area (Å²) in [5.74, 6) is 0.520. The molecule has 0 aliphatic heterocycles. The van der Waals surface area contributed by atoms with Crippen LogP contribution in [-0.4, -0.2) is 11.8 Å². The van der Waals surface area contributed by atoms with Crippen molar-refractivity contribution in [1.29, 1.82) is 0 Å². The molecule has 0 fully saturated rings. The van der Waals surface area contributed by atoms with Gasteiger partial charge in [0.1, 0.15) is 0 Å². The number of benzene rings is 2. The second-order valence-corrected chi connectivity index (χ2v) is 5.27. The van der Waals surface area contributed by atoms with Gasteiger partial charge in [-0.1, -0.05) is 18.2 Å². The summed E-state index contributed by atoms with van der Waals surface area (Å²) >= 11 is 5.70. The Morgan fingerprint density at radius 1 is 1.05 bits per heavy atom. The number of aryl methyl sites for hydroxylation is 3. The van der Waals surface area contributed by atoms with E-state index in [9.17, 15) is 4.79 Å². The maximum atomic E-state index is 12.2. The molecule has 0 heterocycles. The summed E-state index contributed by atoms with van der Waals surface area (Å²) in [4.78, 5) is 12.2. The fourth-order valence-corrected chi connectivity index (χ4v) is 2.17. The smallest absolute Gasteiger partial charge is 0.255 e. The van der Waals surface area contributed by atoms with Crippen molar-refractivity contribution in [1.82, 2.24) is 0 Å². The molecule has 0 saturated heterocycles. The van der Waals surface area contributed by atoms with E-state index in [1.165, 1.54) is 11.1 Å². The normalized spacial score (nSPS) is 10.3. The quantitative estimate of drug-likeness (QED) is 0.833. The van der Waals surface area contributed by atoms with Crippen LogP contribution in [0.2, 0.25) is 0 Å². The van der Waals surface area contributed by atoms with Crippen molar-refractivity contribution < 1.29 is 4.79 Å². The molecule has 0 bridgehead atoms. The van der Waals surface area contributed by atoms with Gasteiger partial charge in [0.05, 0.1) is 0 Å². The standard InChI is InChI=1S/C17H18ClNO/c1-12-3-6-15(11-13(12)2)17(20)19-16-7-4-14(5-8-16)9-10-18/h3-8,11H,9-10H2,1-2H3,(H,19,20). The summed E-state index contributed by atoms with van der Waals surface area (Å²) in [6, 6.07) is 13.5. The maximum Gasteiger partial charge on any atom is 0.255 e. The van der Waals surface area contributed by atoms with E-state index in [1.54, 1.807) is 0 Å². The number of halogens is 1. The highest BCUT2D eigenvalue weighted by Gasteiger charge is 2.07. The molecule has 0 aromatic heterocycles. The molecule has 1 N–H and O–H groups in total. The first-order valence-corrected chi connectivity index (χ1v) is 7.17. The van der Waals surface area contributed by atoms with Crippen molar-refractivity contribution in [2.24, 2.45) is 0 Å². The lowest BCUT2D eigenvalue weighted by molar-refractivity contribution is 0.102. The maximum absolute atomic E-state index is 12.2. The van der Waals surface area contributed by atoms with Gasteiger partial charge in [0.15, 0.2) is 0 Å². The van der Waals surface area contributed by atoms with Crippen molar-refractivity contribution in [3.8, 4) is 0 Å². The molecule has 3 heteroatoms. The predicted octanol–water partition coefficient (Wildman–Crippen LogP) is 4.34. The van der Waals surface area contributed by atoms with E-state index in [0.717, 1.165) is 17.7 Å². The number of anilines is 1. The third-order valence-corrected chi connectivity index (χ3v) is 3.55. The number of hydrogen-bond acceptors (Lipinski definition) is 1. The SMILES string of the molecule is Cc1ccc(C(=O)Nc2ccc(CCCl)cc2)cc1C. The summed E-state index contributed by atoms with van der Waals surface area (Å²) in [5, 5.41) is 2.90. The van der Waals surface area contributed by atoms with E-state index in [-0.39, 0.29) is 5.91 Å². The summed E-state index contributed by atoms with van der Waals surface area (Å²) in [7, 11) is 0. The molecular formula is C17H18ClNO. The van der Waals surface area contributed by atoms with Crippen LogP contribution in [-0.2, 0) is 6.42 Å². The van der Waals surface area contributed by atoms with Crippen molar-refractivity contribution in [3.05, 3.63) is 64.7 Å². The highest BCUT2D eigenvalue weighted by Crippen LogP contribution is 2.14. The summed E-state index contributed by atoms with van der Waals surface area (Å²) in [6.07, 6.45) is 0.840. The van der Waals surface area contributed by atoms with Gasteiger partial charge in [0, 0.05) is 17.1 Å². The number of carbonyl (C=O) groups excluding carboxylic acids is 1. The molecule has 104 valence electrons. The van der Waals surface area contributed by atoms with Gasteiger partial charge in [-0.2, -0.15) is 0 Å². The van der Waals surface area contributed by atoms with Crippen molar-refractivity contribution in [3.63, 3.8) is 0 Å². The molecule has 0 unspecified atom stereocenters. The fraction of sp³-hybridized carbons (Fsp3) is 0.235. The Bertz CT molecular complexity index is 605. The van der Waals surface area contributed by atoms with E-state index in [1.807, 2.05) is 56.3 Å². The lowest BCUT2D eigenvalue weighted by Crippen LogP contribution is -2.12. The van der Waals surface area contributed by atoms with Gasteiger partial charge in [-0.3, -0.25) is 4.79 Å². The third-order valence-electron chi connectivity index (χ3n) is 3.36. The number of amides is 1. The molecule has 0 saturated carbocycles. The van der Waals surface area contributed by atoms with Gasteiger partial charge < -0.3 is 5.32 Å². The minimum absolute atomic E-state index is 0.0850. The van der Waals surface area contributed by atoms with Crippen LogP contribution in [0, 0.1) is 13.8 Å². The van der Waals surface area contributed by atoms with Crippen LogP contribution in [0.1, 0.15) is 27.0 Å². The molecule has 0 atom stereocenters. The van der Waals surface area contributed by atoms with Gasteiger partial charge in [0.2, 0.25) is 0 Å². The number of rotatable bonds is 4. The summed E-state index contributed by atoms with van der Waals surface area (Å²) in [5.41, 5.74) is 4.95. The number of hydrogen-bond donors (Lipinski definition) is 1. The van der Waals surface area contributed by atoms with E-state index in [2.05, 4.69) is 5.32 Å². The molecule has 0 radical (unpaired) electrons. The second kappa shape index (κ2) is 6.58. The minimum atomic E-state index is -0.0850. The molecule has 1 amide bonds. The molecule has 2 nitrogen and oxygen atoms in total. The lowest BCUT2D eigenvalue weighted by Gasteiger charge is -2.08. The Hall–Kier alpha value is -1.80. The average Bonchev–Trinajstić information content (AvgIpc) is 2.44.